The van der Waals surface area contributed by atoms with E-state index in [-0.39, 0.29) is 0 Å². The quantitative estimate of drug-likeness (QED) is 0.699. The van der Waals surface area contributed by atoms with E-state index in [0.29, 0.717) is 11.6 Å². The molecule has 1 saturated carbocycles. The zero-order chi connectivity index (χ0) is 12.0. The molecule has 1 unspecified atom stereocenters. The molecule has 1 nitrogen and oxygen atoms in total. The van der Waals surface area contributed by atoms with Crippen LogP contribution in [0.25, 0.3) is 0 Å². The molecule has 1 heteroatoms. The summed E-state index contributed by atoms with van der Waals surface area (Å²) < 4.78 is 0. The molecular formula is C16H23N. The topological polar surface area (TPSA) is 3.24 Å². The van der Waals surface area contributed by atoms with Crippen LogP contribution < -0.4 is 4.90 Å². The molecule has 3 fully saturated rings. The molecule has 1 aliphatic carbocycles. The van der Waals surface area contributed by atoms with E-state index in [4.69, 9.17) is 0 Å². The monoisotopic (exact) mass is 229 g/mol. The SMILES string of the molecule is Cc1ccccc1N1C(C)C2CCC1(C)CC2. The number of para-hydroxylation sites is 1. The van der Waals surface area contributed by atoms with Crippen LogP contribution in [0, 0.1) is 12.8 Å². The van der Waals surface area contributed by atoms with Gasteiger partial charge in [-0.15, -0.1) is 0 Å². The van der Waals surface area contributed by atoms with Crippen molar-refractivity contribution in [1.29, 1.82) is 0 Å². The van der Waals surface area contributed by atoms with Gasteiger partial charge in [0.05, 0.1) is 0 Å². The van der Waals surface area contributed by atoms with Gasteiger partial charge in [0.25, 0.3) is 0 Å². The summed E-state index contributed by atoms with van der Waals surface area (Å²) in [5.41, 5.74) is 3.29. The number of aryl methyl sites for hydroxylation is 1. The second kappa shape index (κ2) is 3.76. The molecule has 92 valence electrons. The molecule has 0 amide bonds. The summed E-state index contributed by atoms with van der Waals surface area (Å²) in [5, 5.41) is 0. The normalized spacial score (nSPS) is 36.3. The van der Waals surface area contributed by atoms with Crippen LogP contribution in [-0.4, -0.2) is 11.6 Å². The number of benzene rings is 1. The van der Waals surface area contributed by atoms with Crippen LogP contribution in [0.5, 0.6) is 0 Å². The van der Waals surface area contributed by atoms with Crippen molar-refractivity contribution >= 4 is 5.69 Å². The highest BCUT2D eigenvalue weighted by atomic mass is 15.2. The second-order valence-corrected chi connectivity index (χ2v) is 6.23. The predicted molar refractivity (Wildman–Crippen MR) is 73.5 cm³/mol. The van der Waals surface area contributed by atoms with Gasteiger partial charge >= 0.3 is 0 Å². The van der Waals surface area contributed by atoms with E-state index in [1.807, 2.05) is 0 Å². The summed E-state index contributed by atoms with van der Waals surface area (Å²) in [4.78, 5) is 2.72. The minimum atomic E-state index is 0.403. The van der Waals surface area contributed by atoms with Crippen molar-refractivity contribution in [3.63, 3.8) is 0 Å². The standard InChI is InChI=1S/C16H23N/c1-12-6-4-5-7-15(12)17-13(2)14-8-10-16(17,3)11-9-14/h4-7,13-14H,8-11H2,1-3H3. The number of hydrogen-bond acceptors (Lipinski definition) is 1. The molecule has 2 aliphatic heterocycles. The number of nitrogens with zero attached hydrogens (tertiary/aromatic N) is 1. The van der Waals surface area contributed by atoms with E-state index in [9.17, 15) is 0 Å². The van der Waals surface area contributed by atoms with Crippen molar-refractivity contribution < 1.29 is 0 Å². The van der Waals surface area contributed by atoms with Crippen LogP contribution >= 0.6 is 0 Å². The predicted octanol–water partition coefficient (Wildman–Crippen LogP) is 4.15. The van der Waals surface area contributed by atoms with E-state index in [0.717, 1.165) is 5.92 Å². The number of fused-ring (bicyclic) bond motifs is 3. The lowest BCUT2D eigenvalue weighted by Gasteiger charge is -2.58. The zero-order valence-corrected chi connectivity index (χ0v) is 11.2. The van der Waals surface area contributed by atoms with Crippen molar-refractivity contribution in [2.45, 2.75) is 58.0 Å². The van der Waals surface area contributed by atoms with E-state index >= 15 is 0 Å². The Hall–Kier alpha value is -0.980. The first-order chi connectivity index (χ1) is 8.12. The van der Waals surface area contributed by atoms with E-state index in [1.54, 1.807) is 0 Å². The van der Waals surface area contributed by atoms with Gasteiger partial charge in [-0.25, -0.2) is 0 Å². The Morgan fingerprint density at radius 1 is 1.18 bits per heavy atom. The summed E-state index contributed by atoms with van der Waals surface area (Å²) in [7, 11) is 0. The van der Waals surface area contributed by atoms with Crippen LogP contribution in [0.2, 0.25) is 0 Å². The molecule has 1 aromatic rings. The fraction of sp³-hybridized carbons (Fsp3) is 0.625. The average molecular weight is 229 g/mol. The highest BCUT2D eigenvalue weighted by Gasteiger charge is 2.47. The highest BCUT2D eigenvalue weighted by molar-refractivity contribution is 5.57. The molecule has 4 rings (SSSR count). The molecule has 0 radical (unpaired) electrons. The van der Waals surface area contributed by atoms with Gasteiger partial charge in [0, 0.05) is 17.3 Å². The van der Waals surface area contributed by atoms with Gasteiger partial charge in [-0.1, -0.05) is 18.2 Å². The summed E-state index contributed by atoms with van der Waals surface area (Å²) >= 11 is 0. The molecule has 2 heterocycles. The third-order valence-corrected chi connectivity index (χ3v) is 5.15. The minimum absolute atomic E-state index is 0.403. The van der Waals surface area contributed by atoms with Crippen molar-refractivity contribution in [3.05, 3.63) is 29.8 Å². The maximum atomic E-state index is 2.72. The fourth-order valence-corrected chi connectivity index (χ4v) is 4.03. The largest absolute Gasteiger partial charge is 0.363 e. The van der Waals surface area contributed by atoms with Crippen molar-refractivity contribution in [2.75, 3.05) is 4.90 Å². The molecule has 0 spiro atoms. The Labute approximate surface area is 105 Å². The molecule has 0 N–H and O–H groups in total. The van der Waals surface area contributed by atoms with E-state index in [2.05, 4.69) is 49.9 Å². The number of anilines is 1. The fourth-order valence-electron chi connectivity index (χ4n) is 4.03. The molecule has 2 bridgehead atoms. The van der Waals surface area contributed by atoms with Crippen LogP contribution in [0.1, 0.15) is 45.1 Å². The highest BCUT2D eigenvalue weighted by Crippen LogP contribution is 2.48. The Bertz CT molecular complexity index is 415. The van der Waals surface area contributed by atoms with Crippen molar-refractivity contribution in [2.24, 2.45) is 5.92 Å². The van der Waals surface area contributed by atoms with Gasteiger partial charge in [0.1, 0.15) is 0 Å². The molecule has 1 atom stereocenters. The van der Waals surface area contributed by atoms with Crippen LogP contribution in [-0.2, 0) is 0 Å². The smallest absolute Gasteiger partial charge is 0.0402 e. The molecule has 17 heavy (non-hydrogen) atoms. The Balaban J connectivity index is 2.05. The van der Waals surface area contributed by atoms with E-state index in [1.165, 1.54) is 36.9 Å². The first kappa shape index (κ1) is 11.1. The first-order valence-electron chi connectivity index (χ1n) is 6.97. The second-order valence-electron chi connectivity index (χ2n) is 6.23. The number of hydrogen-bond donors (Lipinski definition) is 0. The van der Waals surface area contributed by atoms with Gasteiger partial charge in [0.2, 0.25) is 0 Å². The Morgan fingerprint density at radius 2 is 1.82 bits per heavy atom. The first-order valence-corrected chi connectivity index (χ1v) is 6.97. The van der Waals surface area contributed by atoms with Crippen LogP contribution in [0.15, 0.2) is 24.3 Å². The minimum Gasteiger partial charge on any atom is -0.363 e. The summed E-state index contributed by atoms with van der Waals surface area (Å²) in [6.07, 6.45) is 5.60. The van der Waals surface area contributed by atoms with Gasteiger partial charge in [-0.05, 0) is 64.0 Å². The lowest BCUT2D eigenvalue weighted by Crippen LogP contribution is -2.61. The van der Waals surface area contributed by atoms with Crippen molar-refractivity contribution in [1.82, 2.24) is 0 Å². The zero-order valence-electron chi connectivity index (χ0n) is 11.2. The van der Waals surface area contributed by atoms with Gasteiger partial charge < -0.3 is 4.90 Å². The summed E-state index contributed by atoms with van der Waals surface area (Å²) in [6, 6.07) is 9.59. The maximum absolute atomic E-state index is 2.72. The van der Waals surface area contributed by atoms with Crippen LogP contribution in [0.4, 0.5) is 5.69 Å². The average Bonchev–Trinajstić information content (AvgIpc) is 2.31. The van der Waals surface area contributed by atoms with Gasteiger partial charge in [0.15, 0.2) is 0 Å². The van der Waals surface area contributed by atoms with Gasteiger partial charge in [-0.3, -0.25) is 0 Å². The Morgan fingerprint density at radius 3 is 2.41 bits per heavy atom. The van der Waals surface area contributed by atoms with Crippen LogP contribution in [0.3, 0.4) is 0 Å². The molecule has 3 aliphatic rings. The number of rotatable bonds is 1. The molecule has 0 aromatic heterocycles. The van der Waals surface area contributed by atoms with E-state index < -0.39 is 0 Å². The molecule has 2 saturated heterocycles. The molecular weight excluding hydrogens is 206 g/mol. The third kappa shape index (κ3) is 1.59. The maximum Gasteiger partial charge on any atom is 0.0402 e. The summed E-state index contributed by atoms with van der Waals surface area (Å²) in [5.74, 6) is 0.913. The lowest BCUT2D eigenvalue weighted by molar-refractivity contribution is 0.134. The summed E-state index contributed by atoms with van der Waals surface area (Å²) in [6.45, 7) is 7.13. The number of piperidine rings is 2. The van der Waals surface area contributed by atoms with Crippen molar-refractivity contribution in [3.8, 4) is 0 Å². The lowest BCUT2D eigenvalue weighted by atomic mass is 9.67. The molecule has 1 aromatic carbocycles. The van der Waals surface area contributed by atoms with Gasteiger partial charge in [-0.2, -0.15) is 0 Å². The Kier molecular flexibility index (Phi) is 2.46. The third-order valence-electron chi connectivity index (χ3n) is 5.15.